The molecule has 0 radical (unpaired) electrons. The molecule has 1 rings (SSSR count). The van der Waals surface area contributed by atoms with Crippen molar-refractivity contribution in [2.45, 2.75) is 0 Å². The molecule has 0 aliphatic rings. The number of ether oxygens (including phenoxy) is 3. The van der Waals surface area contributed by atoms with Gasteiger partial charge in [0.05, 0.1) is 11.4 Å². The van der Waals surface area contributed by atoms with Gasteiger partial charge in [-0.1, -0.05) is 12.1 Å². The molecule has 0 fully saturated rings. The molecule has 0 unspecified atom stereocenters. The predicted molar refractivity (Wildman–Crippen MR) is 64.8 cm³/mol. The highest BCUT2D eigenvalue weighted by molar-refractivity contribution is 6.18. The molecule has 1 aromatic carbocycles. The van der Waals surface area contributed by atoms with Crippen molar-refractivity contribution in [2.75, 3.05) is 33.0 Å². The van der Waals surface area contributed by atoms with Crippen molar-refractivity contribution in [2.24, 2.45) is 0 Å². The number of halogens is 1. The van der Waals surface area contributed by atoms with Crippen LogP contribution in [0.4, 0.5) is 0 Å². The SMILES string of the molecule is COCOCC(=O)c1ccccc1OCCCl. The lowest BCUT2D eigenvalue weighted by Crippen LogP contribution is -2.12. The molecule has 0 saturated heterocycles. The average molecular weight is 259 g/mol. The van der Waals surface area contributed by atoms with Gasteiger partial charge in [-0.2, -0.15) is 0 Å². The number of hydrogen-bond acceptors (Lipinski definition) is 4. The largest absolute Gasteiger partial charge is 0.492 e. The summed E-state index contributed by atoms with van der Waals surface area (Å²) in [6, 6.07) is 7.01. The van der Waals surface area contributed by atoms with Gasteiger partial charge in [-0.15, -0.1) is 11.6 Å². The van der Waals surface area contributed by atoms with Crippen LogP contribution in [0.1, 0.15) is 10.4 Å². The smallest absolute Gasteiger partial charge is 0.192 e. The summed E-state index contributed by atoms with van der Waals surface area (Å²) in [6.07, 6.45) is 0. The second-order valence-corrected chi connectivity index (χ2v) is 3.59. The van der Waals surface area contributed by atoms with Gasteiger partial charge in [-0.25, -0.2) is 0 Å². The third kappa shape index (κ3) is 4.73. The van der Waals surface area contributed by atoms with Crippen LogP contribution in [-0.2, 0) is 9.47 Å². The predicted octanol–water partition coefficient (Wildman–Crippen LogP) is 2.11. The Kier molecular flexibility index (Phi) is 6.62. The van der Waals surface area contributed by atoms with E-state index < -0.39 is 0 Å². The third-order valence-electron chi connectivity index (χ3n) is 1.96. The number of benzene rings is 1. The first-order valence-corrected chi connectivity index (χ1v) is 5.70. The van der Waals surface area contributed by atoms with Crippen LogP contribution < -0.4 is 4.74 Å². The molecule has 0 aliphatic carbocycles. The molecular formula is C12H15ClO4. The molecule has 94 valence electrons. The van der Waals surface area contributed by atoms with E-state index >= 15 is 0 Å². The Hall–Kier alpha value is -1.10. The first-order chi connectivity index (χ1) is 8.29. The molecule has 0 amide bonds. The summed E-state index contributed by atoms with van der Waals surface area (Å²) in [6.45, 7) is 0.427. The van der Waals surface area contributed by atoms with E-state index in [4.69, 9.17) is 25.8 Å². The molecule has 4 nitrogen and oxygen atoms in total. The molecule has 0 spiro atoms. The zero-order valence-electron chi connectivity index (χ0n) is 9.65. The number of ketones is 1. The second kappa shape index (κ2) is 8.06. The monoisotopic (exact) mass is 258 g/mol. The Morgan fingerprint density at radius 3 is 2.82 bits per heavy atom. The number of carbonyl (C=O) groups excluding carboxylic acids is 1. The lowest BCUT2D eigenvalue weighted by atomic mass is 10.1. The van der Waals surface area contributed by atoms with Gasteiger partial charge >= 0.3 is 0 Å². The Bertz CT molecular complexity index is 354. The van der Waals surface area contributed by atoms with E-state index in [1.807, 2.05) is 0 Å². The van der Waals surface area contributed by atoms with Crippen molar-refractivity contribution < 1.29 is 19.0 Å². The summed E-state index contributed by atoms with van der Waals surface area (Å²) in [5.41, 5.74) is 0.494. The van der Waals surface area contributed by atoms with E-state index in [0.717, 1.165) is 0 Å². The van der Waals surface area contributed by atoms with Crippen molar-refractivity contribution >= 4 is 17.4 Å². The van der Waals surface area contributed by atoms with Gasteiger partial charge in [0.15, 0.2) is 5.78 Å². The highest BCUT2D eigenvalue weighted by atomic mass is 35.5. The molecule has 0 aliphatic heterocycles. The van der Waals surface area contributed by atoms with Gasteiger partial charge in [-0.05, 0) is 12.1 Å². The number of hydrogen-bond donors (Lipinski definition) is 0. The minimum absolute atomic E-state index is 0.0327. The van der Waals surface area contributed by atoms with Crippen LogP contribution >= 0.6 is 11.6 Å². The van der Waals surface area contributed by atoms with Crippen LogP contribution in [0.5, 0.6) is 5.75 Å². The summed E-state index contributed by atoms with van der Waals surface area (Å²) < 4.78 is 15.1. The van der Waals surface area contributed by atoms with Gasteiger partial charge in [0.2, 0.25) is 0 Å². The number of alkyl halides is 1. The standard InChI is InChI=1S/C12H15ClO4/c1-15-9-16-8-11(14)10-4-2-3-5-12(10)17-7-6-13/h2-5H,6-9H2,1H3. The van der Waals surface area contributed by atoms with Gasteiger partial charge in [0.1, 0.15) is 25.8 Å². The lowest BCUT2D eigenvalue weighted by molar-refractivity contribution is -0.0238. The van der Waals surface area contributed by atoms with Crippen LogP contribution in [0.3, 0.4) is 0 Å². The molecule has 0 heterocycles. The minimum atomic E-state index is -0.146. The Morgan fingerprint density at radius 1 is 1.35 bits per heavy atom. The molecule has 0 saturated carbocycles. The van der Waals surface area contributed by atoms with Crippen LogP contribution in [0.15, 0.2) is 24.3 Å². The Morgan fingerprint density at radius 2 is 2.12 bits per heavy atom. The molecular weight excluding hydrogens is 244 g/mol. The maximum atomic E-state index is 11.8. The Labute approximate surface area is 105 Å². The van der Waals surface area contributed by atoms with E-state index in [1.165, 1.54) is 7.11 Å². The minimum Gasteiger partial charge on any atom is -0.492 e. The fourth-order valence-electron chi connectivity index (χ4n) is 1.27. The van der Waals surface area contributed by atoms with E-state index in [-0.39, 0.29) is 19.2 Å². The van der Waals surface area contributed by atoms with E-state index in [2.05, 4.69) is 0 Å². The van der Waals surface area contributed by atoms with Crippen LogP contribution in [0, 0.1) is 0 Å². The normalized spacial score (nSPS) is 10.2. The van der Waals surface area contributed by atoms with Crippen LogP contribution in [0.25, 0.3) is 0 Å². The first-order valence-electron chi connectivity index (χ1n) is 5.17. The number of rotatable bonds is 8. The summed E-state index contributed by atoms with van der Waals surface area (Å²) in [7, 11) is 1.50. The maximum absolute atomic E-state index is 11.8. The van der Waals surface area contributed by atoms with Gasteiger partial charge in [0.25, 0.3) is 0 Å². The van der Waals surface area contributed by atoms with Gasteiger partial charge in [0, 0.05) is 7.11 Å². The number of Topliss-reactive ketones (excluding diaryl/α,β-unsaturated/α-hetero) is 1. The second-order valence-electron chi connectivity index (χ2n) is 3.21. The number of methoxy groups -OCH3 is 1. The van der Waals surface area contributed by atoms with Crippen molar-refractivity contribution in [1.29, 1.82) is 0 Å². The molecule has 0 N–H and O–H groups in total. The summed E-state index contributed by atoms with van der Waals surface area (Å²) >= 11 is 5.53. The number of para-hydroxylation sites is 1. The summed E-state index contributed by atoms with van der Waals surface area (Å²) in [5, 5.41) is 0. The van der Waals surface area contributed by atoms with Gasteiger partial charge < -0.3 is 14.2 Å². The van der Waals surface area contributed by atoms with Crippen LogP contribution in [-0.4, -0.2) is 38.8 Å². The highest BCUT2D eigenvalue weighted by Crippen LogP contribution is 2.18. The third-order valence-corrected chi connectivity index (χ3v) is 2.11. The fraction of sp³-hybridized carbons (Fsp3) is 0.417. The van der Waals surface area contributed by atoms with Crippen LogP contribution in [0.2, 0.25) is 0 Å². The lowest BCUT2D eigenvalue weighted by Gasteiger charge is -2.09. The van der Waals surface area contributed by atoms with E-state index in [9.17, 15) is 4.79 Å². The average Bonchev–Trinajstić information content (AvgIpc) is 2.37. The molecule has 0 atom stereocenters. The first kappa shape index (κ1) is 14.0. The molecule has 1 aromatic rings. The van der Waals surface area contributed by atoms with Crippen molar-refractivity contribution in [1.82, 2.24) is 0 Å². The number of carbonyl (C=O) groups is 1. The quantitative estimate of drug-likeness (QED) is 0.310. The zero-order valence-corrected chi connectivity index (χ0v) is 10.4. The molecule has 17 heavy (non-hydrogen) atoms. The molecule has 5 heteroatoms. The highest BCUT2D eigenvalue weighted by Gasteiger charge is 2.11. The topological polar surface area (TPSA) is 44.8 Å². The Balaban J connectivity index is 2.64. The zero-order chi connectivity index (χ0) is 12.5. The van der Waals surface area contributed by atoms with E-state index in [1.54, 1.807) is 24.3 Å². The van der Waals surface area contributed by atoms with Crippen molar-refractivity contribution in [3.8, 4) is 5.75 Å². The summed E-state index contributed by atoms with van der Waals surface area (Å²) in [4.78, 5) is 11.8. The van der Waals surface area contributed by atoms with Crippen molar-refractivity contribution in [3.63, 3.8) is 0 Å². The maximum Gasteiger partial charge on any atom is 0.192 e. The van der Waals surface area contributed by atoms with Gasteiger partial charge in [-0.3, -0.25) is 4.79 Å². The van der Waals surface area contributed by atoms with Crippen molar-refractivity contribution in [3.05, 3.63) is 29.8 Å². The fourth-order valence-corrected chi connectivity index (χ4v) is 1.34. The molecule has 0 bridgehead atoms. The van der Waals surface area contributed by atoms with E-state index in [0.29, 0.717) is 23.8 Å². The summed E-state index contributed by atoms with van der Waals surface area (Å²) in [5.74, 6) is 0.759. The molecule has 0 aromatic heterocycles.